The maximum Gasteiger partial charge on any atom is 0.330 e. The summed E-state index contributed by atoms with van der Waals surface area (Å²) in [5, 5.41) is 28.4. The fraction of sp³-hybridized carbons (Fsp3) is 0.600. The smallest absolute Gasteiger partial charge is 0.330 e. The van der Waals surface area contributed by atoms with Crippen molar-refractivity contribution in [2.45, 2.75) is 30.7 Å². The predicted octanol–water partition coefficient (Wildman–Crippen LogP) is -2.16. The third-order valence-electron chi connectivity index (χ3n) is 3.11. The number of nitrogens with zero attached hydrogens (tertiary/aromatic N) is 1. The summed E-state index contributed by atoms with van der Waals surface area (Å²) >= 11 is 0. The Kier molecular flexibility index (Phi) is 3.09. The highest BCUT2D eigenvalue weighted by Gasteiger charge is 2.63. The molecule has 0 aromatic carbocycles. The molecule has 1 aromatic rings. The van der Waals surface area contributed by atoms with Crippen molar-refractivity contribution in [2.24, 2.45) is 0 Å². The van der Waals surface area contributed by atoms with Crippen molar-refractivity contribution < 1.29 is 24.4 Å². The summed E-state index contributed by atoms with van der Waals surface area (Å²) in [5.41, 5.74) is -3.49. The number of aliphatic hydroxyl groups is 3. The van der Waals surface area contributed by atoms with Crippen LogP contribution in [0.2, 0.25) is 0 Å². The van der Waals surface area contributed by atoms with Crippen LogP contribution in [0.15, 0.2) is 21.9 Å². The van der Waals surface area contributed by atoms with Gasteiger partial charge in [-0.2, -0.15) is 0 Å². The van der Waals surface area contributed by atoms with Gasteiger partial charge in [0.05, 0.1) is 6.61 Å². The Hall–Kier alpha value is -1.55. The summed E-state index contributed by atoms with van der Waals surface area (Å²) in [6.07, 6.45) is -3.02. The molecule has 2 rings (SSSR count). The molecule has 0 saturated carbocycles. The van der Waals surface area contributed by atoms with Gasteiger partial charge in [0.25, 0.3) is 11.4 Å². The number of hydrogen-bond donors (Lipinski definition) is 4. The first-order valence-corrected chi connectivity index (χ1v) is 5.42. The van der Waals surface area contributed by atoms with Crippen LogP contribution >= 0.6 is 0 Å². The molecule has 1 aliphatic rings. The Labute approximate surface area is 105 Å². The van der Waals surface area contributed by atoms with Crippen molar-refractivity contribution in [3.63, 3.8) is 0 Å². The highest BCUT2D eigenvalue weighted by atomic mass is 19.2. The number of aromatic nitrogens is 2. The lowest BCUT2D eigenvalue weighted by Gasteiger charge is -2.25. The van der Waals surface area contributed by atoms with E-state index in [0.717, 1.165) is 12.3 Å². The Bertz CT molecular complexity index is 596. The molecule has 106 valence electrons. The average molecular weight is 276 g/mol. The van der Waals surface area contributed by atoms with Gasteiger partial charge in [0.2, 0.25) is 6.23 Å². The van der Waals surface area contributed by atoms with Crippen LogP contribution in [0.4, 0.5) is 4.39 Å². The molecule has 0 unspecified atom stereocenters. The summed E-state index contributed by atoms with van der Waals surface area (Å²) in [5.74, 6) is -3.29. The minimum atomic E-state index is -3.29. The van der Waals surface area contributed by atoms with Crippen LogP contribution in [-0.2, 0) is 4.74 Å². The van der Waals surface area contributed by atoms with E-state index in [2.05, 4.69) is 0 Å². The second-order valence-electron chi connectivity index (χ2n) is 4.59. The Morgan fingerprint density at radius 2 is 2.21 bits per heavy atom. The quantitative estimate of drug-likeness (QED) is 0.487. The van der Waals surface area contributed by atoms with Gasteiger partial charge in [-0.1, -0.05) is 0 Å². The fourth-order valence-corrected chi connectivity index (χ4v) is 1.95. The summed E-state index contributed by atoms with van der Waals surface area (Å²) in [6, 6.07) is 0.932. The zero-order valence-electron chi connectivity index (χ0n) is 9.91. The van der Waals surface area contributed by atoms with Gasteiger partial charge in [0.15, 0.2) is 0 Å². The lowest BCUT2D eigenvalue weighted by molar-refractivity contribution is -0.197. The predicted molar refractivity (Wildman–Crippen MR) is 59.0 cm³/mol. The van der Waals surface area contributed by atoms with Crippen molar-refractivity contribution in [1.82, 2.24) is 9.55 Å². The van der Waals surface area contributed by atoms with E-state index in [0.29, 0.717) is 4.57 Å². The van der Waals surface area contributed by atoms with E-state index in [4.69, 9.17) is 9.84 Å². The summed E-state index contributed by atoms with van der Waals surface area (Å²) in [6.45, 7) is 0.411. The van der Waals surface area contributed by atoms with Gasteiger partial charge in [-0.3, -0.25) is 14.3 Å². The van der Waals surface area contributed by atoms with Gasteiger partial charge in [-0.05, 0) is 6.92 Å². The lowest BCUT2D eigenvalue weighted by Crippen LogP contribution is -2.49. The molecule has 1 aliphatic heterocycles. The van der Waals surface area contributed by atoms with E-state index in [-0.39, 0.29) is 0 Å². The molecule has 1 saturated heterocycles. The number of H-pyrrole nitrogens is 1. The minimum Gasteiger partial charge on any atom is -0.393 e. The van der Waals surface area contributed by atoms with Crippen molar-refractivity contribution in [1.29, 1.82) is 0 Å². The van der Waals surface area contributed by atoms with Crippen LogP contribution in [0.5, 0.6) is 0 Å². The molecule has 1 fully saturated rings. The summed E-state index contributed by atoms with van der Waals surface area (Å²) < 4.78 is 19.8. The van der Waals surface area contributed by atoms with Crippen LogP contribution in [0.25, 0.3) is 0 Å². The van der Waals surface area contributed by atoms with E-state index in [1.165, 1.54) is 6.92 Å². The van der Waals surface area contributed by atoms with Gasteiger partial charge in [0, 0.05) is 12.3 Å². The average Bonchev–Trinajstić information content (AvgIpc) is 2.51. The number of halogens is 1. The number of ether oxygens (including phenoxy) is 1. The first kappa shape index (κ1) is 13.9. The van der Waals surface area contributed by atoms with Crippen LogP contribution < -0.4 is 11.2 Å². The number of aliphatic hydroxyl groups excluding tert-OH is 2. The van der Waals surface area contributed by atoms with Gasteiger partial charge in [-0.15, -0.1) is 0 Å². The molecule has 0 amide bonds. The number of aromatic amines is 1. The molecular formula is C10H13FN2O6. The number of alkyl halides is 1. The van der Waals surface area contributed by atoms with Crippen LogP contribution in [0.1, 0.15) is 13.2 Å². The Morgan fingerprint density at radius 1 is 1.58 bits per heavy atom. The maximum absolute atomic E-state index is 14.1. The molecular weight excluding hydrogens is 263 g/mol. The molecule has 0 aliphatic carbocycles. The molecule has 9 heteroatoms. The lowest BCUT2D eigenvalue weighted by atomic mass is 9.97. The molecule has 1 aromatic heterocycles. The Morgan fingerprint density at radius 3 is 2.68 bits per heavy atom. The van der Waals surface area contributed by atoms with Crippen LogP contribution in [-0.4, -0.2) is 49.0 Å². The van der Waals surface area contributed by atoms with Crippen LogP contribution in [0.3, 0.4) is 0 Å². The molecule has 4 atom stereocenters. The molecule has 19 heavy (non-hydrogen) atoms. The Balaban J connectivity index is 2.51. The molecule has 0 spiro atoms. The first-order chi connectivity index (χ1) is 8.72. The van der Waals surface area contributed by atoms with Gasteiger partial charge in [-0.25, -0.2) is 9.18 Å². The zero-order chi connectivity index (χ0) is 14.4. The second-order valence-corrected chi connectivity index (χ2v) is 4.59. The standard InChI is InChI=1S/C10H13FN2O6/c1-9(4-14)6(16)10(11,18)7(19-9)13-3-2-5(15)12-8(13)17/h2-3,6-7,14,16,18H,4H2,1H3,(H,12,15,17)/t6-,7-,9-,10+/m1/s1. The zero-order valence-corrected chi connectivity index (χ0v) is 9.91. The van der Waals surface area contributed by atoms with Crippen molar-refractivity contribution >= 4 is 0 Å². The molecule has 8 nitrogen and oxygen atoms in total. The van der Waals surface area contributed by atoms with E-state index < -0.39 is 41.6 Å². The van der Waals surface area contributed by atoms with E-state index in [9.17, 15) is 24.2 Å². The largest absolute Gasteiger partial charge is 0.393 e. The third kappa shape index (κ3) is 2.00. The van der Waals surface area contributed by atoms with Gasteiger partial charge in [0.1, 0.15) is 11.7 Å². The maximum atomic E-state index is 14.1. The number of hydrogen-bond acceptors (Lipinski definition) is 6. The number of rotatable bonds is 2. The van der Waals surface area contributed by atoms with Crippen molar-refractivity contribution in [2.75, 3.05) is 6.61 Å². The van der Waals surface area contributed by atoms with E-state index in [1.807, 2.05) is 4.98 Å². The highest BCUT2D eigenvalue weighted by molar-refractivity contribution is 5.03. The third-order valence-corrected chi connectivity index (χ3v) is 3.11. The van der Waals surface area contributed by atoms with Crippen molar-refractivity contribution in [3.8, 4) is 0 Å². The van der Waals surface area contributed by atoms with E-state index >= 15 is 0 Å². The van der Waals surface area contributed by atoms with Gasteiger partial charge < -0.3 is 20.1 Å². The van der Waals surface area contributed by atoms with Crippen molar-refractivity contribution in [3.05, 3.63) is 33.1 Å². The normalized spacial score (nSPS) is 38.6. The fourth-order valence-electron chi connectivity index (χ4n) is 1.95. The SMILES string of the molecule is C[C@]1(CO)O[C@@H](n2ccc(=O)[nH]c2=O)[C@](O)(F)[C@@H]1O. The second kappa shape index (κ2) is 4.23. The van der Waals surface area contributed by atoms with E-state index in [1.54, 1.807) is 0 Å². The van der Waals surface area contributed by atoms with Gasteiger partial charge >= 0.3 is 5.69 Å². The highest BCUT2D eigenvalue weighted by Crippen LogP contribution is 2.44. The molecule has 4 N–H and O–H groups in total. The monoisotopic (exact) mass is 276 g/mol. The topological polar surface area (TPSA) is 125 Å². The van der Waals surface area contributed by atoms with Crippen LogP contribution in [0, 0.1) is 0 Å². The molecule has 0 radical (unpaired) electrons. The molecule has 0 bridgehead atoms. The molecule has 2 heterocycles. The summed E-state index contributed by atoms with van der Waals surface area (Å²) in [7, 11) is 0. The number of nitrogens with one attached hydrogen (secondary N) is 1. The summed E-state index contributed by atoms with van der Waals surface area (Å²) in [4.78, 5) is 24.3. The first-order valence-electron chi connectivity index (χ1n) is 5.42. The minimum absolute atomic E-state index is 0.589.